The molecule has 0 radical (unpaired) electrons. The molecule has 0 unspecified atom stereocenters. The van der Waals surface area contributed by atoms with Gasteiger partial charge in [0, 0.05) is 44.8 Å². The van der Waals surface area contributed by atoms with Gasteiger partial charge in [0.1, 0.15) is 5.52 Å². The normalized spacial score (nSPS) is 11.1. The summed E-state index contributed by atoms with van der Waals surface area (Å²) in [6, 6.07) is 69.8. The minimum absolute atomic E-state index is 0.601. The van der Waals surface area contributed by atoms with Crippen molar-refractivity contribution in [1.82, 2.24) is 4.98 Å². The Morgan fingerprint density at radius 2 is 0.824 bits per heavy atom. The van der Waals surface area contributed by atoms with Crippen LogP contribution in [-0.2, 0) is 0 Å². The van der Waals surface area contributed by atoms with E-state index in [1.54, 1.807) is 0 Å². The number of fused-ring (bicyclic) bond motifs is 3. The molecule has 0 N–H and O–H groups in total. The summed E-state index contributed by atoms with van der Waals surface area (Å²) in [5.41, 5.74) is 11.1. The second-order valence-electron chi connectivity index (χ2n) is 12.4. The predicted octanol–water partition coefficient (Wildman–Crippen LogP) is 13.3. The summed E-state index contributed by atoms with van der Waals surface area (Å²) < 4.78 is 6.42. The van der Waals surface area contributed by atoms with Crippen LogP contribution in [-0.4, -0.2) is 4.98 Å². The van der Waals surface area contributed by atoms with Gasteiger partial charge in [0.2, 0.25) is 5.89 Å². The molecule has 0 atom stereocenters. The van der Waals surface area contributed by atoms with E-state index in [1.807, 2.05) is 36.4 Å². The van der Waals surface area contributed by atoms with Crippen LogP contribution in [0.15, 0.2) is 205 Å². The van der Waals surface area contributed by atoms with Crippen molar-refractivity contribution >= 4 is 56.0 Å². The van der Waals surface area contributed by atoms with Crippen molar-refractivity contribution in [1.29, 1.82) is 0 Å². The number of hydrogen-bond donors (Lipinski definition) is 0. The molecule has 4 nitrogen and oxygen atoms in total. The SMILES string of the molecule is c1ccc(-c2ccc(N(c3ccccc3)c3cc(N(c4ccccc4)c4ccccc4)cc4c3ccc3oc(-c5ccccc5)nc34)cc2)cc1. The van der Waals surface area contributed by atoms with E-state index in [-0.39, 0.29) is 0 Å². The zero-order valence-corrected chi connectivity index (χ0v) is 27.8. The van der Waals surface area contributed by atoms with Gasteiger partial charge in [-0.15, -0.1) is 0 Å². The van der Waals surface area contributed by atoms with E-state index in [1.165, 1.54) is 11.1 Å². The van der Waals surface area contributed by atoms with Crippen molar-refractivity contribution in [3.05, 3.63) is 200 Å². The lowest BCUT2D eigenvalue weighted by Crippen LogP contribution is -2.13. The Labute approximate surface area is 297 Å². The van der Waals surface area contributed by atoms with Crippen molar-refractivity contribution in [3.8, 4) is 22.6 Å². The third kappa shape index (κ3) is 5.79. The lowest BCUT2D eigenvalue weighted by Gasteiger charge is -2.30. The van der Waals surface area contributed by atoms with Gasteiger partial charge < -0.3 is 14.2 Å². The highest BCUT2D eigenvalue weighted by atomic mass is 16.3. The maximum atomic E-state index is 6.42. The molecule has 4 heteroatoms. The fourth-order valence-corrected chi connectivity index (χ4v) is 6.85. The zero-order chi connectivity index (χ0) is 34.0. The van der Waals surface area contributed by atoms with Crippen molar-refractivity contribution in [2.75, 3.05) is 9.80 Å². The van der Waals surface area contributed by atoms with Crippen LogP contribution in [0.1, 0.15) is 0 Å². The van der Waals surface area contributed by atoms with Gasteiger partial charge in [-0.05, 0) is 96.1 Å². The van der Waals surface area contributed by atoms with Gasteiger partial charge >= 0.3 is 0 Å². The molecular weight excluding hydrogens is 623 g/mol. The fourth-order valence-electron chi connectivity index (χ4n) is 6.85. The van der Waals surface area contributed by atoms with E-state index in [2.05, 4.69) is 174 Å². The van der Waals surface area contributed by atoms with Crippen molar-refractivity contribution in [2.45, 2.75) is 0 Å². The smallest absolute Gasteiger partial charge is 0.227 e. The average molecular weight is 656 g/mol. The third-order valence-corrected chi connectivity index (χ3v) is 9.25. The predicted molar refractivity (Wildman–Crippen MR) is 212 cm³/mol. The zero-order valence-electron chi connectivity index (χ0n) is 27.8. The summed E-state index contributed by atoms with van der Waals surface area (Å²) in [5, 5.41) is 2.07. The monoisotopic (exact) mass is 655 g/mol. The lowest BCUT2D eigenvalue weighted by molar-refractivity contribution is 0.620. The Morgan fingerprint density at radius 3 is 1.39 bits per heavy atom. The van der Waals surface area contributed by atoms with Gasteiger partial charge in [0.15, 0.2) is 5.58 Å². The summed E-state index contributed by atoms with van der Waals surface area (Å²) in [7, 11) is 0. The summed E-state index contributed by atoms with van der Waals surface area (Å²) in [6.07, 6.45) is 0. The first kappa shape index (κ1) is 30.2. The Morgan fingerprint density at radius 1 is 0.353 bits per heavy atom. The second-order valence-corrected chi connectivity index (χ2v) is 12.4. The summed E-state index contributed by atoms with van der Waals surface area (Å²) >= 11 is 0. The number of benzene rings is 8. The number of oxazole rings is 1. The molecule has 9 rings (SSSR count). The van der Waals surface area contributed by atoms with E-state index in [4.69, 9.17) is 9.40 Å². The number of nitrogens with zero attached hydrogens (tertiary/aromatic N) is 3. The van der Waals surface area contributed by atoms with E-state index in [0.29, 0.717) is 5.89 Å². The molecule has 0 aliphatic rings. The molecule has 0 aliphatic carbocycles. The quantitative estimate of drug-likeness (QED) is 0.163. The third-order valence-electron chi connectivity index (χ3n) is 9.25. The molecule has 0 amide bonds. The first-order valence-electron chi connectivity index (χ1n) is 17.1. The van der Waals surface area contributed by atoms with E-state index < -0.39 is 0 Å². The minimum atomic E-state index is 0.601. The Balaban J connectivity index is 1.32. The Bertz CT molecular complexity index is 2510. The maximum absolute atomic E-state index is 6.42. The van der Waals surface area contributed by atoms with Crippen LogP contribution < -0.4 is 9.80 Å². The first-order valence-corrected chi connectivity index (χ1v) is 17.1. The average Bonchev–Trinajstić information content (AvgIpc) is 3.66. The highest BCUT2D eigenvalue weighted by Crippen LogP contribution is 2.46. The molecule has 0 saturated carbocycles. The van der Waals surface area contributed by atoms with E-state index >= 15 is 0 Å². The lowest BCUT2D eigenvalue weighted by atomic mass is 10.0. The van der Waals surface area contributed by atoms with Gasteiger partial charge in [-0.2, -0.15) is 0 Å². The molecule has 0 spiro atoms. The number of para-hydroxylation sites is 3. The molecule has 0 bridgehead atoms. The largest absolute Gasteiger partial charge is 0.436 e. The standard InChI is InChI=1S/C47H33N3O/c1-6-16-34(17-7-1)35-26-28-40(29-27-35)50(39-24-14-5-15-25-39)44-33-41(49(37-20-10-3-11-21-37)38-22-12-4-13-23-38)32-43-42(44)30-31-45-46(43)48-47(51-45)36-18-8-2-9-19-36/h1-33H. The number of hydrogen-bond acceptors (Lipinski definition) is 4. The Kier molecular flexibility index (Phi) is 7.80. The molecule has 1 aromatic heterocycles. The first-order chi connectivity index (χ1) is 25.3. The molecule has 0 fully saturated rings. The van der Waals surface area contributed by atoms with Gasteiger partial charge in [-0.3, -0.25) is 0 Å². The number of aromatic nitrogens is 1. The van der Waals surface area contributed by atoms with Crippen LogP contribution in [0, 0.1) is 0 Å². The molecule has 9 aromatic rings. The topological polar surface area (TPSA) is 32.5 Å². The maximum Gasteiger partial charge on any atom is 0.227 e. The van der Waals surface area contributed by atoms with Crippen LogP contribution in [0.25, 0.3) is 44.5 Å². The molecule has 8 aromatic carbocycles. The summed E-state index contributed by atoms with van der Waals surface area (Å²) in [5.74, 6) is 0.601. The van der Waals surface area contributed by atoms with Gasteiger partial charge in [-0.25, -0.2) is 4.98 Å². The van der Waals surface area contributed by atoms with Gasteiger partial charge in [0.05, 0.1) is 5.69 Å². The van der Waals surface area contributed by atoms with Crippen LogP contribution in [0.4, 0.5) is 34.1 Å². The summed E-state index contributed by atoms with van der Waals surface area (Å²) in [4.78, 5) is 9.80. The van der Waals surface area contributed by atoms with E-state index in [9.17, 15) is 0 Å². The molecule has 51 heavy (non-hydrogen) atoms. The highest BCUT2D eigenvalue weighted by molar-refractivity contribution is 6.12. The van der Waals surface area contributed by atoms with Crippen LogP contribution >= 0.6 is 0 Å². The van der Waals surface area contributed by atoms with Crippen molar-refractivity contribution in [2.24, 2.45) is 0 Å². The molecule has 1 heterocycles. The Hall–Kier alpha value is -6.91. The fraction of sp³-hybridized carbons (Fsp3) is 0. The minimum Gasteiger partial charge on any atom is -0.436 e. The van der Waals surface area contributed by atoms with Gasteiger partial charge in [-0.1, -0.05) is 115 Å². The molecule has 0 saturated heterocycles. The van der Waals surface area contributed by atoms with Gasteiger partial charge in [0.25, 0.3) is 0 Å². The molecule has 0 aliphatic heterocycles. The highest BCUT2D eigenvalue weighted by Gasteiger charge is 2.22. The van der Waals surface area contributed by atoms with Crippen LogP contribution in [0.3, 0.4) is 0 Å². The van der Waals surface area contributed by atoms with Crippen molar-refractivity contribution in [3.63, 3.8) is 0 Å². The number of rotatable bonds is 8. The number of anilines is 6. The second kappa shape index (κ2) is 13.2. The molecule has 242 valence electrons. The summed E-state index contributed by atoms with van der Waals surface area (Å²) in [6.45, 7) is 0. The molecular formula is C47H33N3O. The van der Waals surface area contributed by atoms with Crippen LogP contribution in [0.2, 0.25) is 0 Å². The van der Waals surface area contributed by atoms with Crippen molar-refractivity contribution < 1.29 is 4.42 Å². The van der Waals surface area contributed by atoms with Crippen LogP contribution in [0.5, 0.6) is 0 Å². The van der Waals surface area contributed by atoms with E-state index in [0.717, 1.165) is 61.6 Å².